The third kappa shape index (κ3) is 5.99. The Morgan fingerprint density at radius 1 is 1.03 bits per heavy atom. The average Bonchev–Trinajstić information content (AvgIpc) is 2.91. The van der Waals surface area contributed by atoms with Gasteiger partial charge >= 0.3 is 0 Å². The number of para-hydroxylation sites is 1. The first-order valence-corrected chi connectivity index (χ1v) is 12.5. The number of carbonyl (C=O) groups is 1. The normalized spacial score (nSPS) is 17.2. The summed E-state index contributed by atoms with van der Waals surface area (Å²) in [6.07, 6.45) is 1.21. The van der Waals surface area contributed by atoms with Gasteiger partial charge in [-0.05, 0) is 42.2 Å². The van der Waals surface area contributed by atoms with Crippen LogP contribution in [0.1, 0.15) is 24.0 Å². The molecule has 7 heteroatoms. The van der Waals surface area contributed by atoms with Crippen LogP contribution in [-0.4, -0.2) is 72.9 Å². The zero-order valence-electron chi connectivity index (χ0n) is 20.1. The molecule has 3 aromatic rings. The Morgan fingerprint density at radius 2 is 1.86 bits per heavy atom. The second-order valence-electron chi connectivity index (χ2n) is 9.37. The average molecular weight is 476 g/mol. The molecule has 1 unspecified atom stereocenters. The number of aliphatic hydroxyl groups is 1. The Kier molecular flexibility index (Phi) is 7.57. The molecule has 35 heavy (non-hydrogen) atoms. The molecule has 0 aliphatic carbocycles. The van der Waals surface area contributed by atoms with Crippen molar-refractivity contribution in [1.29, 1.82) is 0 Å². The van der Waals surface area contributed by atoms with Crippen LogP contribution in [0.4, 0.5) is 5.82 Å². The van der Waals surface area contributed by atoms with Crippen LogP contribution < -0.4 is 9.64 Å². The number of fused-ring (bicyclic) bond motifs is 2. The number of β-amino-alcohol motifs (C(OH)–C–C–N with tert-alkyl or cyclic N) is 1. The van der Waals surface area contributed by atoms with E-state index in [9.17, 15) is 9.90 Å². The first-order valence-electron chi connectivity index (χ1n) is 12.5. The quantitative estimate of drug-likeness (QED) is 0.509. The van der Waals surface area contributed by atoms with E-state index in [-0.39, 0.29) is 12.4 Å². The number of ether oxygens (including phenoxy) is 2. The Balaban J connectivity index is 1.12. The monoisotopic (exact) mass is 475 g/mol. The highest BCUT2D eigenvalue weighted by Gasteiger charge is 2.19. The highest BCUT2D eigenvalue weighted by atomic mass is 16.5. The molecule has 1 saturated heterocycles. The minimum atomic E-state index is -0.528. The first-order chi connectivity index (χ1) is 17.2. The standard InChI is InChI=1S/C28H33N3O4/c32-24(19-30-13-12-21-4-1-2-5-23(21)18-30)9-10-25(33)20-35-26-7-3-6-22-8-11-27(29-28(22)26)31-14-16-34-17-15-31/h1-8,11,24,32H,9-10,12-20H2. The number of ketones is 1. The third-order valence-electron chi connectivity index (χ3n) is 6.83. The van der Waals surface area contributed by atoms with Crippen molar-refractivity contribution in [3.8, 4) is 5.75 Å². The molecule has 5 rings (SSSR count). The second-order valence-corrected chi connectivity index (χ2v) is 9.37. The molecular weight excluding hydrogens is 442 g/mol. The minimum absolute atomic E-state index is 0.0191. The van der Waals surface area contributed by atoms with Crippen molar-refractivity contribution in [1.82, 2.24) is 9.88 Å². The molecule has 0 amide bonds. The van der Waals surface area contributed by atoms with E-state index in [1.165, 1.54) is 11.1 Å². The van der Waals surface area contributed by atoms with Crippen LogP contribution >= 0.6 is 0 Å². The van der Waals surface area contributed by atoms with Crippen molar-refractivity contribution in [2.45, 2.75) is 31.9 Å². The van der Waals surface area contributed by atoms with E-state index in [0.717, 1.165) is 49.3 Å². The summed E-state index contributed by atoms with van der Waals surface area (Å²) in [5.41, 5.74) is 3.48. The van der Waals surface area contributed by atoms with Crippen molar-refractivity contribution in [3.63, 3.8) is 0 Å². The van der Waals surface area contributed by atoms with Gasteiger partial charge in [-0.1, -0.05) is 36.4 Å². The fraction of sp³-hybridized carbons (Fsp3) is 0.429. The number of pyridine rings is 1. The van der Waals surface area contributed by atoms with Gasteiger partial charge in [0, 0.05) is 44.5 Å². The van der Waals surface area contributed by atoms with Crippen molar-refractivity contribution in [2.75, 3.05) is 50.9 Å². The molecule has 2 aliphatic rings. The number of hydrogen-bond donors (Lipinski definition) is 1. The van der Waals surface area contributed by atoms with E-state index in [1.807, 2.05) is 30.3 Å². The zero-order valence-corrected chi connectivity index (χ0v) is 20.1. The maximum absolute atomic E-state index is 12.5. The third-order valence-corrected chi connectivity index (χ3v) is 6.83. The lowest BCUT2D eigenvalue weighted by Gasteiger charge is -2.30. The molecule has 1 atom stereocenters. The van der Waals surface area contributed by atoms with Crippen LogP contribution in [0, 0.1) is 0 Å². The fourth-order valence-electron chi connectivity index (χ4n) is 4.85. The smallest absolute Gasteiger partial charge is 0.170 e. The number of aromatic nitrogens is 1. The highest BCUT2D eigenvalue weighted by molar-refractivity contribution is 5.87. The van der Waals surface area contributed by atoms with Gasteiger partial charge in [0.05, 0.1) is 19.3 Å². The molecule has 2 aromatic carbocycles. The molecule has 0 spiro atoms. The van der Waals surface area contributed by atoms with Crippen LogP contribution in [-0.2, 0) is 22.5 Å². The SMILES string of the molecule is O=C(CCC(O)CN1CCc2ccccc2C1)COc1cccc2ccc(N3CCOCC3)nc12. The number of benzene rings is 2. The number of nitrogens with zero attached hydrogens (tertiary/aromatic N) is 3. The van der Waals surface area contributed by atoms with Gasteiger partial charge in [-0.2, -0.15) is 0 Å². The minimum Gasteiger partial charge on any atom is -0.484 e. The van der Waals surface area contributed by atoms with E-state index >= 15 is 0 Å². The molecule has 184 valence electrons. The summed E-state index contributed by atoms with van der Waals surface area (Å²) in [5, 5.41) is 11.5. The number of hydrogen-bond acceptors (Lipinski definition) is 7. The van der Waals surface area contributed by atoms with E-state index in [4.69, 9.17) is 14.5 Å². The predicted molar refractivity (Wildman–Crippen MR) is 136 cm³/mol. The summed E-state index contributed by atoms with van der Waals surface area (Å²) in [5.74, 6) is 1.49. The maximum Gasteiger partial charge on any atom is 0.170 e. The Morgan fingerprint density at radius 3 is 2.71 bits per heavy atom. The molecule has 7 nitrogen and oxygen atoms in total. The molecule has 0 bridgehead atoms. The van der Waals surface area contributed by atoms with E-state index in [1.54, 1.807) is 0 Å². The van der Waals surface area contributed by atoms with Crippen molar-refractivity contribution < 1.29 is 19.4 Å². The Labute approximate surface area is 206 Å². The number of carbonyl (C=O) groups excluding carboxylic acids is 1. The van der Waals surface area contributed by atoms with Gasteiger partial charge in [-0.25, -0.2) is 4.98 Å². The largest absolute Gasteiger partial charge is 0.484 e. The van der Waals surface area contributed by atoms with Crippen LogP contribution in [0.3, 0.4) is 0 Å². The summed E-state index contributed by atoms with van der Waals surface area (Å²) in [7, 11) is 0. The second kappa shape index (κ2) is 11.2. The lowest BCUT2D eigenvalue weighted by atomic mass is 9.99. The van der Waals surface area contributed by atoms with Crippen molar-refractivity contribution in [2.24, 2.45) is 0 Å². The number of morpholine rings is 1. The zero-order chi connectivity index (χ0) is 24.0. The summed E-state index contributed by atoms with van der Waals surface area (Å²) in [4.78, 5) is 21.8. The van der Waals surface area contributed by atoms with Gasteiger partial charge in [0.1, 0.15) is 23.7 Å². The van der Waals surface area contributed by atoms with E-state index < -0.39 is 6.10 Å². The Bertz CT molecular complexity index is 1160. The lowest BCUT2D eigenvalue weighted by Crippen LogP contribution is -2.36. The summed E-state index contributed by atoms with van der Waals surface area (Å²) >= 11 is 0. The van der Waals surface area contributed by atoms with E-state index in [2.05, 4.69) is 34.1 Å². The van der Waals surface area contributed by atoms with Crippen LogP contribution in [0.15, 0.2) is 54.6 Å². The Hall–Kier alpha value is -3.00. The van der Waals surface area contributed by atoms with Gasteiger partial charge in [-0.15, -0.1) is 0 Å². The highest BCUT2D eigenvalue weighted by Crippen LogP contribution is 2.27. The van der Waals surface area contributed by atoms with Gasteiger partial charge in [0.25, 0.3) is 0 Å². The maximum atomic E-state index is 12.5. The van der Waals surface area contributed by atoms with Crippen LogP contribution in [0.5, 0.6) is 5.75 Å². The number of aliphatic hydroxyl groups excluding tert-OH is 1. The van der Waals surface area contributed by atoms with Gasteiger partial charge < -0.3 is 19.5 Å². The lowest BCUT2D eigenvalue weighted by molar-refractivity contribution is -0.121. The van der Waals surface area contributed by atoms with Crippen molar-refractivity contribution in [3.05, 3.63) is 65.7 Å². The number of rotatable bonds is 9. The molecular formula is C28H33N3O4. The van der Waals surface area contributed by atoms with Gasteiger partial charge in [0.15, 0.2) is 5.78 Å². The van der Waals surface area contributed by atoms with Gasteiger partial charge in [0.2, 0.25) is 0 Å². The molecule has 0 saturated carbocycles. The molecule has 2 aliphatic heterocycles. The topological polar surface area (TPSA) is 75.1 Å². The molecule has 1 N–H and O–H groups in total. The molecule has 0 radical (unpaired) electrons. The summed E-state index contributed by atoms with van der Waals surface area (Å²) in [6, 6.07) is 18.3. The van der Waals surface area contributed by atoms with E-state index in [0.29, 0.717) is 38.3 Å². The molecule has 1 fully saturated rings. The summed E-state index contributed by atoms with van der Waals surface area (Å²) in [6.45, 7) is 5.37. The van der Waals surface area contributed by atoms with Crippen LogP contribution in [0.25, 0.3) is 10.9 Å². The number of anilines is 1. The number of Topliss-reactive ketones (excluding diaryl/α,β-unsaturated/α-hetero) is 1. The summed E-state index contributed by atoms with van der Waals surface area (Å²) < 4.78 is 11.3. The fourth-order valence-corrected chi connectivity index (χ4v) is 4.85. The molecule has 1 aromatic heterocycles. The molecule has 3 heterocycles. The van der Waals surface area contributed by atoms with Crippen molar-refractivity contribution >= 4 is 22.5 Å². The predicted octanol–water partition coefficient (Wildman–Crippen LogP) is 3.22. The van der Waals surface area contributed by atoms with Gasteiger partial charge in [-0.3, -0.25) is 9.69 Å². The first kappa shape index (κ1) is 23.7. The van der Waals surface area contributed by atoms with Crippen LogP contribution in [0.2, 0.25) is 0 Å².